The second-order valence-corrected chi connectivity index (χ2v) is 10.1. The van der Waals surface area contributed by atoms with Gasteiger partial charge in [0.15, 0.2) is 6.29 Å². The summed E-state index contributed by atoms with van der Waals surface area (Å²) in [4.78, 5) is 0. The summed E-state index contributed by atoms with van der Waals surface area (Å²) in [5.41, 5.74) is 1.79. The predicted octanol–water partition coefficient (Wildman–Crippen LogP) is 5.28. The zero-order valence-corrected chi connectivity index (χ0v) is 20.4. The Morgan fingerprint density at radius 1 is 0.645 bits per heavy atom. The van der Waals surface area contributed by atoms with E-state index >= 15 is 0 Å². The molecule has 1 unspecified atom stereocenters. The molecular weight excluding hydrogens is 388 g/mol. The highest BCUT2D eigenvalue weighted by atomic mass is 16.7. The number of hydrogen-bond acceptors (Lipinski definition) is 4. The summed E-state index contributed by atoms with van der Waals surface area (Å²) < 4.78 is 11.3. The topological polar surface area (TPSA) is 58.9 Å². The van der Waals surface area contributed by atoms with Gasteiger partial charge < -0.3 is 19.7 Å². The van der Waals surface area contributed by atoms with Gasteiger partial charge in [0.1, 0.15) is 11.7 Å². The molecule has 2 N–H and O–H groups in total. The van der Waals surface area contributed by atoms with Crippen molar-refractivity contribution in [1.29, 1.82) is 0 Å². The van der Waals surface area contributed by atoms with Crippen LogP contribution >= 0.6 is 0 Å². The van der Waals surface area contributed by atoms with Crippen LogP contribution < -0.4 is 0 Å². The molecule has 4 heteroatoms. The van der Waals surface area contributed by atoms with Gasteiger partial charge in [-0.25, -0.2) is 0 Å². The number of aliphatic hydroxyl groups excluding tert-OH is 1. The van der Waals surface area contributed by atoms with Crippen LogP contribution in [0.4, 0.5) is 0 Å². The SMILES string of the molecule is CCOC(OCC)C(O)C(O)(c1ccc(C(C)(C)C)cc1)c1ccc(C(C)(C)C)cc1. The molecule has 0 amide bonds. The molecule has 0 radical (unpaired) electrons. The van der Waals surface area contributed by atoms with E-state index in [2.05, 4.69) is 41.5 Å². The smallest absolute Gasteiger partial charge is 0.186 e. The van der Waals surface area contributed by atoms with Crippen molar-refractivity contribution in [1.82, 2.24) is 0 Å². The largest absolute Gasteiger partial charge is 0.384 e. The second kappa shape index (κ2) is 9.83. The van der Waals surface area contributed by atoms with Crippen molar-refractivity contribution in [2.45, 2.75) is 84.2 Å². The van der Waals surface area contributed by atoms with Crippen LogP contribution in [0.2, 0.25) is 0 Å². The van der Waals surface area contributed by atoms with E-state index in [1.54, 1.807) is 0 Å². The molecule has 1 atom stereocenters. The molecule has 0 fully saturated rings. The van der Waals surface area contributed by atoms with Gasteiger partial charge >= 0.3 is 0 Å². The maximum Gasteiger partial charge on any atom is 0.186 e. The monoisotopic (exact) mass is 428 g/mol. The van der Waals surface area contributed by atoms with Gasteiger partial charge in [0.25, 0.3) is 0 Å². The fraction of sp³-hybridized carbons (Fsp3) is 0.556. The summed E-state index contributed by atoms with van der Waals surface area (Å²) in [6, 6.07) is 15.6. The van der Waals surface area contributed by atoms with E-state index in [9.17, 15) is 10.2 Å². The van der Waals surface area contributed by atoms with E-state index in [0.717, 1.165) is 11.1 Å². The summed E-state index contributed by atoms with van der Waals surface area (Å²) in [6.45, 7) is 17.3. The molecule has 172 valence electrons. The highest BCUT2D eigenvalue weighted by molar-refractivity contribution is 5.42. The van der Waals surface area contributed by atoms with Crippen LogP contribution in [0.3, 0.4) is 0 Å². The van der Waals surface area contributed by atoms with Crippen LogP contribution in [0.25, 0.3) is 0 Å². The Morgan fingerprint density at radius 3 is 1.19 bits per heavy atom. The van der Waals surface area contributed by atoms with Crippen LogP contribution in [0.5, 0.6) is 0 Å². The van der Waals surface area contributed by atoms with Gasteiger partial charge in [-0.2, -0.15) is 0 Å². The van der Waals surface area contributed by atoms with Crippen molar-refractivity contribution >= 4 is 0 Å². The van der Waals surface area contributed by atoms with Gasteiger partial charge in [0, 0.05) is 13.2 Å². The molecule has 0 bridgehead atoms. The zero-order valence-electron chi connectivity index (χ0n) is 20.4. The van der Waals surface area contributed by atoms with E-state index in [-0.39, 0.29) is 10.8 Å². The van der Waals surface area contributed by atoms with Gasteiger partial charge in [-0.15, -0.1) is 0 Å². The van der Waals surface area contributed by atoms with Gasteiger partial charge in [-0.1, -0.05) is 90.1 Å². The molecule has 0 aliphatic carbocycles. The third kappa shape index (κ3) is 5.75. The second-order valence-electron chi connectivity index (χ2n) is 10.1. The van der Waals surface area contributed by atoms with Crippen LogP contribution in [0.1, 0.15) is 77.6 Å². The molecule has 0 spiro atoms. The maximum atomic E-state index is 12.0. The summed E-state index contributed by atoms with van der Waals surface area (Å²) in [5, 5.41) is 23.4. The fourth-order valence-electron chi connectivity index (χ4n) is 3.71. The molecule has 2 aromatic carbocycles. The molecule has 4 nitrogen and oxygen atoms in total. The molecule has 0 aliphatic heterocycles. The number of rotatable bonds is 8. The standard InChI is InChI=1S/C27H40O4/c1-9-30-24(31-10-2)23(28)27(29,21-15-11-19(12-16-21)25(3,4)5)22-17-13-20(14-18-22)26(6,7)8/h11-18,23-24,28-29H,9-10H2,1-8H3. The van der Waals surface area contributed by atoms with Gasteiger partial charge in [-0.3, -0.25) is 0 Å². The number of ether oxygens (including phenoxy) is 2. The average Bonchev–Trinajstić information content (AvgIpc) is 2.71. The Bertz CT molecular complexity index is 747. The molecule has 0 saturated heterocycles. The molecule has 31 heavy (non-hydrogen) atoms. The van der Waals surface area contributed by atoms with E-state index in [4.69, 9.17) is 9.47 Å². The summed E-state index contributed by atoms with van der Waals surface area (Å²) in [5.74, 6) is 0. The number of benzene rings is 2. The van der Waals surface area contributed by atoms with E-state index in [0.29, 0.717) is 24.3 Å². The summed E-state index contributed by atoms with van der Waals surface area (Å²) in [6.07, 6.45) is -2.27. The molecular formula is C27H40O4. The fourth-order valence-corrected chi connectivity index (χ4v) is 3.71. The minimum atomic E-state index is -1.69. The highest BCUT2D eigenvalue weighted by Gasteiger charge is 2.45. The third-order valence-electron chi connectivity index (χ3n) is 5.73. The lowest BCUT2D eigenvalue weighted by Crippen LogP contribution is -2.49. The minimum absolute atomic E-state index is 0.0111. The Balaban J connectivity index is 2.61. The average molecular weight is 429 g/mol. The lowest BCUT2D eigenvalue weighted by molar-refractivity contribution is -0.230. The lowest BCUT2D eigenvalue weighted by atomic mass is 9.78. The number of aliphatic hydroxyl groups is 2. The first-order valence-corrected chi connectivity index (χ1v) is 11.2. The van der Waals surface area contributed by atoms with Crippen LogP contribution in [0.15, 0.2) is 48.5 Å². The van der Waals surface area contributed by atoms with Crippen molar-refractivity contribution in [3.8, 4) is 0 Å². The van der Waals surface area contributed by atoms with Crippen LogP contribution in [-0.4, -0.2) is 35.8 Å². The summed E-state index contributed by atoms with van der Waals surface area (Å²) in [7, 11) is 0. The molecule has 0 aromatic heterocycles. The molecule has 2 rings (SSSR count). The minimum Gasteiger partial charge on any atom is -0.384 e. The molecule has 2 aromatic rings. The first kappa shape index (κ1) is 25.5. The zero-order chi connectivity index (χ0) is 23.4. The first-order chi connectivity index (χ1) is 14.4. The molecule has 0 saturated carbocycles. The van der Waals surface area contributed by atoms with Crippen molar-refractivity contribution in [3.63, 3.8) is 0 Å². The number of hydrogen-bond donors (Lipinski definition) is 2. The summed E-state index contributed by atoms with van der Waals surface area (Å²) >= 11 is 0. The van der Waals surface area contributed by atoms with E-state index in [1.165, 1.54) is 0 Å². The third-order valence-corrected chi connectivity index (χ3v) is 5.73. The predicted molar refractivity (Wildman–Crippen MR) is 126 cm³/mol. The quantitative estimate of drug-likeness (QED) is 0.562. The maximum absolute atomic E-state index is 12.0. The van der Waals surface area contributed by atoms with Gasteiger partial charge in [0.2, 0.25) is 0 Å². The van der Waals surface area contributed by atoms with Crippen LogP contribution in [-0.2, 0) is 25.9 Å². The van der Waals surface area contributed by atoms with Crippen molar-refractivity contribution in [2.24, 2.45) is 0 Å². The van der Waals surface area contributed by atoms with Crippen molar-refractivity contribution in [3.05, 3.63) is 70.8 Å². The van der Waals surface area contributed by atoms with Gasteiger partial charge in [0.05, 0.1) is 0 Å². The van der Waals surface area contributed by atoms with E-state index < -0.39 is 18.0 Å². The van der Waals surface area contributed by atoms with Crippen molar-refractivity contribution in [2.75, 3.05) is 13.2 Å². The Labute approximate surface area is 188 Å². The Morgan fingerprint density at radius 2 is 0.935 bits per heavy atom. The van der Waals surface area contributed by atoms with Crippen molar-refractivity contribution < 1.29 is 19.7 Å². The lowest BCUT2D eigenvalue weighted by Gasteiger charge is -2.38. The first-order valence-electron chi connectivity index (χ1n) is 11.2. The van der Waals surface area contributed by atoms with Gasteiger partial charge in [-0.05, 0) is 46.9 Å². The molecule has 0 heterocycles. The van der Waals surface area contributed by atoms with Crippen LogP contribution in [0, 0.1) is 0 Å². The highest BCUT2D eigenvalue weighted by Crippen LogP contribution is 2.37. The van der Waals surface area contributed by atoms with E-state index in [1.807, 2.05) is 62.4 Å². The Kier molecular flexibility index (Phi) is 8.10. The normalized spacial score (nSPS) is 14.2. The molecule has 0 aliphatic rings. The Hall–Kier alpha value is -1.72.